The van der Waals surface area contributed by atoms with Gasteiger partial charge in [-0.05, 0) is 61.1 Å². The van der Waals surface area contributed by atoms with Crippen LogP contribution in [0.1, 0.15) is 34.5 Å². The average molecular weight is 485 g/mol. The fraction of sp³-hybridized carbons (Fsp3) is 0.240. The van der Waals surface area contributed by atoms with Crippen molar-refractivity contribution < 1.29 is 17.9 Å². The molecule has 0 aliphatic carbocycles. The minimum Gasteiger partial charge on any atom is -0.495 e. The number of sulfonamides is 1. The number of methoxy groups -OCH3 is 1. The number of hydrogen-bond donors (Lipinski definition) is 2. The average Bonchev–Trinajstić information content (AvgIpc) is 2.84. The third-order valence-electron chi connectivity index (χ3n) is 5.23. The Hall–Kier alpha value is -2.81. The van der Waals surface area contributed by atoms with Crippen molar-refractivity contribution in [2.75, 3.05) is 19.9 Å². The lowest BCUT2D eigenvalue weighted by atomic mass is 10.1. The van der Waals surface area contributed by atoms with E-state index in [1.54, 1.807) is 17.8 Å². The number of benzene rings is 3. The van der Waals surface area contributed by atoms with Gasteiger partial charge in [-0.2, -0.15) is 0 Å². The largest absolute Gasteiger partial charge is 0.495 e. The molecule has 0 aliphatic rings. The number of hydrogen-bond acceptors (Lipinski definition) is 5. The second-order valence-corrected chi connectivity index (χ2v) is 10.1. The standard InChI is InChI=1S/C25H28N2O4S2/c1-18(20-9-12-22(32-3)13-10-20)27-25(28)21-11-14-23(31-2)24(17-21)33(29,30)26-16-15-19-7-5-4-6-8-19/h4-14,17-18,26H,15-16H2,1-3H3,(H,27,28)/t18-/m1/s1. The second kappa shape index (κ2) is 11.4. The van der Waals surface area contributed by atoms with Crippen LogP contribution in [0.4, 0.5) is 0 Å². The van der Waals surface area contributed by atoms with Crippen LogP contribution in [0.15, 0.2) is 82.6 Å². The van der Waals surface area contributed by atoms with E-state index in [9.17, 15) is 13.2 Å². The number of nitrogens with one attached hydrogen (secondary N) is 2. The van der Waals surface area contributed by atoms with Crippen molar-refractivity contribution in [1.29, 1.82) is 0 Å². The van der Waals surface area contributed by atoms with Gasteiger partial charge in [-0.15, -0.1) is 11.8 Å². The van der Waals surface area contributed by atoms with E-state index in [1.165, 1.54) is 19.2 Å². The Labute approximate surface area is 199 Å². The molecule has 0 saturated heterocycles. The summed E-state index contributed by atoms with van der Waals surface area (Å²) in [7, 11) is -2.47. The molecule has 3 aromatic rings. The van der Waals surface area contributed by atoms with Crippen LogP contribution in [0.2, 0.25) is 0 Å². The first-order valence-corrected chi connectivity index (χ1v) is 13.2. The Bertz CT molecular complexity index is 1180. The first kappa shape index (κ1) is 24.8. The van der Waals surface area contributed by atoms with Crippen LogP contribution in [-0.2, 0) is 16.4 Å². The summed E-state index contributed by atoms with van der Waals surface area (Å²) in [5, 5.41) is 2.93. The van der Waals surface area contributed by atoms with Gasteiger partial charge in [0.2, 0.25) is 10.0 Å². The van der Waals surface area contributed by atoms with E-state index >= 15 is 0 Å². The predicted octanol–water partition coefficient (Wildman–Crippen LogP) is 4.43. The van der Waals surface area contributed by atoms with Gasteiger partial charge in [0.25, 0.3) is 5.91 Å². The first-order chi connectivity index (χ1) is 15.8. The van der Waals surface area contributed by atoms with E-state index in [-0.39, 0.29) is 34.7 Å². The van der Waals surface area contributed by atoms with Crippen molar-refractivity contribution in [1.82, 2.24) is 10.0 Å². The molecule has 0 saturated carbocycles. The predicted molar refractivity (Wildman–Crippen MR) is 132 cm³/mol. The molecule has 0 bridgehead atoms. The minimum atomic E-state index is -3.87. The van der Waals surface area contributed by atoms with Crippen molar-refractivity contribution in [3.63, 3.8) is 0 Å². The summed E-state index contributed by atoms with van der Waals surface area (Å²) in [5.74, 6) is -0.181. The third kappa shape index (κ3) is 6.60. The Morgan fingerprint density at radius 2 is 1.73 bits per heavy atom. The van der Waals surface area contributed by atoms with Crippen molar-refractivity contribution in [2.45, 2.75) is 29.2 Å². The summed E-state index contributed by atoms with van der Waals surface area (Å²) in [6, 6.07) is 21.7. The Morgan fingerprint density at radius 3 is 2.36 bits per heavy atom. The van der Waals surface area contributed by atoms with Gasteiger partial charge in [-0.3, -0.25) is 4.79 Å². The molecule has 0 aliphatic heterocycles. The monoisotopic (exact) mass is 484 g/mol. The molecule has 0 heterocycles. The van der Waals surface area contributed by atoms with Gasteiger partial charge < -0.3 is 10.1 Å². The van der Waals surface area contributed by atoms with Crippen LogP contribution in [0.3, 0.4) is 0 Å². The number of rotatable bonds is 10. The maximum Gasteiger partial charge on any atom is 0.251 e. The zero-order valence-electron chi connectivity index (χ0n) is 18.9. The van der Waals surface area contributed by atoms with Crippen LogP contribution < -0.4 is 14.8 Å². The van der Waals surface area contributed by atoms with E-state index in [2.05, 4.69) is 10.0 Å². The van der Waals surface area contributed by atoms with Crippen molar-refractivity contribution >= 4 is 27.7 Å². The van der Waals surface area contributed by atoms with Crippen LogP contribution in [0.5, 0.6) is 5.75 Å². The van der Waals surface area contributed by atoms with E-state index in [4.69, 9.17) is 4.74 Å². The van der Waals surface area contributed by atoms with Gasteiger partial charge >= 0.3 is 0 Å². The fourth-order valence-electron chi connectivity index (χ4n) is 3.34. The lowest BCUT2D eigenvalue weighted by Gasteiger charge is -2.16. The number of ether oxygens (including phenoxy) is 1. The molecular formula is C25H28N2O4S2. The molecule has 0 fully saturated rings. The Balaban J connectivity index is 1.73. The minimum absolute atomic E-state index is 0.0670. The maximum atomic E-state index is 13.0. The number of thioether (sulfide) groups is 1. The van der Waals surface area contributed by atoms with Crippen molar-refractivity contribution in [3.05, 3.63) is 89.5 Å². The molecule has 0 unspecified atom stereocenters. The Morgan fingerprint density at radius 1 is 1.03 bits per heavy atom. The number of carbonyl (C=O) groups is 1. The maximum absolute atomic E-state index is 13.0. The quantitative estimate of drug-likeness (QED) is 0.416. The molecule has 33 heavy (non-hydrogen) atoms. The van der Waals surface area contributed by atoms with Crippen LogP contribution in [0, 0.1) is 0 Å². The summed E-state index contributed by atoms with van der Waals surface area (Å²) in [5.41, 5.74) is 2.23. The van der Waals surface area contributed by atoms with Gasteiger partial charge in [0.15, 0.2) is 0 Å². The van der Waals surface area contributed by atoms with Gasteiger partial charge in [0, 0.05) is 17.0 Å². The molecular weight excluding hydrogens is 456 g/mol. The van der Waals surface area contributed by atoms with Gasteiger partial charge in [-0.1, -0.05) is 42.5 Å². The highest BCUT2D eigenvalue weighted by Gasteiger charge is 2.22. The zero-order valence-corrected chi connectivity index (χ0v) is 20.5. The number of carbonyl (C=O) groups excluding carboxylic acids is 1. The summed E-state index contributed by atoms with van der Waals surface area (Å²) in [6.07, 6.45) is 2.56. The third-order valence-corrected chi connectivity index (χ3v) is 7.45. The topological polar surface area (TPSA) is 84.5 Å². The molecule has 3 rings (SSSR count). The molecule has 0 radical (unpaired) electrons. The van der Waals surface area contributed by atoms with Gasteiger partial charge in [0.05, 0.1) is 13.2 Å². The lowest BCUT2D eigenvalue weighted by molar-refractivity contribution is 0.0939. The summed E-state index contributed by atoms with van der Waals surface area (Å²) < 4.78 is 33.8. The van der Waals surface area contributed by atoms with Crippen LogP contribution in [0.25, 0.3) is 0 Å². The summed E-state index contributed by atoms with van der Waals surface area (Å²) in [6.45, 7) is 2.12. The molecule has 0 aromatic heterocycles. The molecule has 0 spiro atoms. The molecule has 174 valence electrons. The fourth-order valence-corrected chi connectivity index (χ4v) is 4.97. The van der Waals surface area contributed by atoms with Crippen molar-refractivity contribution in [2.24, 2.45) is 0 Å². The highest BCUT2D eigenvalue weighted by atomic mass is 32.2. The second-order valence-electron chi connectivity index (χ2n) is 7.47. The zero-order chi connectivity index (χ0) is 23.8. The first-order valence-electron chi connectivity index (χ1n) is 10.5. The van der Waals surface area contributed by atoms with E-state index in [0.717, 1.165) is 16.0 Å². The molecule has 6 nitrogen and oxygen atoms in total. The van der Waals surface area contributed by atoms with Crippen molar-refractivity contribution in [3.8, 4) is 5.75 Å². The van der Waals surface area contributed by atoms with Gasteiger partial charge in [0.1, 0.15) is 10.6 Å². The smallest absolute Gasteiger partial charge is 0.251 e. The highest BCUT2D eigenvalue weighted by Crippen LogP contribution is 2.25. The lowest BCUT2D eigenvalue weighted by Crippen LogP contribution is -2.28. The van der Waals surface area contributed by atoms with Crippen LogP contribution >= 0.6 is 11.8 Å². The number of amides is 1. The molecule has 2 N–H and O–H groups in total. The normalized spacial score (nSPS) is 12.2. The highest BCUT2D eigenvalue weighted by molar-refractivity contribution is 7.98. The molecule has 1 atom stereocenters. The summed E-state index contributed by atoms with van der Waals surface area (Å²) in [4.78, 5) is 13.9. The van der Waals surface area contributed by atoms with Crippen LogP contribution in [-0.4, -0.2) is 34.2 Å². The Kier molecular flexibility index (Phi) is 8.55. The van der Waals surface area contributed by atoms with E-state index in [0.29, 0.717) is 6.42 Å². The molecule has 3 aromatic carbocycles. The van der Waals surface area contributed by atoms with E-state index < -0.39 is 10.0 Å². The SMILES string of the molecule is COc1ccc(C(=O)N[C@H](C)c2ccc(SC)cc2)cc1S(=O)(=O)NCCc1ccccc1. The summed E-state index contributed by atoms with van der Waals surface area (Å²) >= 11 is 1.65. The van der Waals surface area contributed by atoms with E-state index in [1.807, 2.05) is 67.8 Å². The van der Waals surface area contributed by atoms with Gasteiger partial charge in [-0.25, -0.2) is 13.1 Å². The molecule has 1 amide bonds. The molecule has 8 heteroatoms.